The first-order chi connectivity index (χ1) is 13.3. The summed E-state index contributed by atoms with van der Waals surface area (Å²) in [4.78, 5) is 18.1. The summed E-state index contributed by atoms with van der Waals surface area (Å²) in [5.74, 6) is 0.294. The van der Waals surface area contributed by atoms with Crippen LogP contribution in [0, 0.1) is 12.7 Å². The lowest BCUT2D eigenvalue weighted by atomic mass is 10.2. The first-order valence-electron chi connectivity index (χ1n) is 9.05. The van der Waals surface area contributed by atoms with E-state index in [1.165, 1.54) is 22.6 Å². The summed E-state index contributed by atoms with van der Waals surface area (Å²) in [7, 11) is -1.94. The third-order valence-electron chi connectivity index (χ3n) is 4.79. The van der Waals surface area contributed by atoms with Gasteiger partial charge in [-0.05, 0) is 31.0 Å². The van der Waals surface area contributed by atoms with E-state index >= 15 is 0 Å². The molecule has 10 heteroatoms. The summed E-state index contributed by atoms with van der Waals surface area (Å²) in [6, 6.07) is 5.64. The Morgan fingerprint density at radius 3 is 2.54 bits per heavy atom. The molecule has 2 heterocycles. The predicted molar refractivity (Wildman–Crippen MR) is 102 cm³/mol. The highest BCUT2D eigenvalue weighted by atomic mass is 32.2. The van der Waals surface area contributed by atoms with Crippen molar-refractivity contribution in [1.82, 2.24) is 24.1 Å². The summed E-state index contributed by atoms with van der Waals surface area (Å²) < 4.78 is 41.6. The second kappa shape index (κ2) is 8.27. The fourth-order valence-electron chi connectivity index (χ4n) is 3.01. The molecule has 1 N–H and O–H groups in total. The average molecular weight is 409 g/mol. The van der Waals surface area contributed by atoms with Crippen molar-refractivity contribution in [3.63, 3.8) is 0 Å². The summed E-state index contributed by atoms with van der Waals surface area (Å²) in [6.45, 7) is 3.32. The molecule has 2 aromatic rings. The first-order valence-corrected chi connectivity index (χ1v) is 10.5. The Morgan fingerprint density at radius 2 is 1.89 bits per heavy atom. The average Bonchev–Trinajstić information content (AvgIpc) is 2.87. The molecular weight excluding hydrogens is 385 g/mol. The van der Waals surface area contributed by atoms with Gasteiger partial charge in [-0.3, -0.25) is 0 Å². The summed E-state index contributed by atoms with van der Waals surface area (Å²) >= 11 is 0. The van der Waals surface area contributed by atoms with Gasteiger partial charge in [-0.15, -0.1) is 0 Å². The van der Waals surface area contributed by atoms with E-state index in [0.717, 1.165) is 5.56 Å². The van der Waals surface area contributed by atoms with Gasteiger partial charge >= 0.3 is 6.03 Å². The van der Waals surface area contributed by atoms with E-state index in [-0.39, 0.29) is 30.0 Å². The molecule has 0 aliphatic carbocycles. The van der Waals surface area contributed by atoms with Gasteiger partial charge in [-0.1, -0.05) is 12.1 Å². The molecule has 1 aromatic heterocycles. The van der Waals surface area contributed by atoms with Gasteiger partial charge in [0.1, 0.15) is 11.6 Å². The molecule has 0 radical (unpaired) electrons. The summed E-state index contributed by atoms with van der Waals surface area (Å²) in [5.41, 5.74) is 0.791. The predicted octanol–water partition coefficient (Wildman–Crippen LogP) is 1.47. The van der Waals surface area contributed by atoms with Crippen molar-refractivity contribution in [1.29, 1.82) is 0 Å². The number of halogens is 1. The number of hydrogen-bond donors (Lipinski definition) is 1. The van der Waals surface area contributed by atoms with E-state index in [4.69, 9.17) is 0 Å². The van der Waals surface area contributed by atoms with Crippen LogP contribution in [0.1, 0.15) is 17.8 Å². The molecule has 1 fully saturated rings. The van der Waals surface area contributed by atoms with E-state index in [0.29, 0.717) is 31.9 Å². The first kappa shape index (κ1) is 20.3. The number of benzene rings is 1. The molecule has 1 saturated heterocycles. The lowest BCUT2D eigenvalue weighted by Gasteiger charge is -2.21. The Balaban J connectivity index is 1.59. The molecule has 8 nitrogen and oxygen atoms in total. The smallest absolute Gasteiger partial charge is 0.317 e. The van der Waals surface area contributed by atoms with Crippen LogP contribution in [0.3, 0.4) is 0 Å². The third kappa shape index (κ3) is 4.50. The number of rotatable bonds is 4. The molecule has 28 heavy (non-hydrogen) atoms. The van der Waals surface area contributed by atoms with Gasteiger partial charge in [0.15, 0.2) is 5.03 Å². The van der Waals surface area contributed by atoms with Gasteiger partial charge in [0, 0.05) is 46.0 Å². The molecule has 1 aliphatic rings. The minimum absolute atomic E-state index is 0.0294. The zero-order chi connectivity index (χ0) is 20.3. The summed E-state index contributed by atoms with van der Waals surface area (Å²) in [5, 5.41) is 2.82. The van der Waals surface area contributed by atoms with Crippen molar-refractivity contribution in [2.75, 3.05) is 26.2 Å². The highest BCUT2D eigenvalue weighted by molar-refractivity contribution is 7.89. The van der Waals surface area contributed by atoms with E-state index in [9.17, 15) is 17.6 Å². The highest BCUT2D eigenvalue weighted by Crippen LogP contribution is 2.17. The van der Waals surface area contributed by atoms with Crippen LogP contribution in [0.4, 0.5) is 9.18 Å². The molecule has 152 valence electrons. The molecule has 2 amide bonds. The number of sulfonamides is 1. The maximum atomic E-state index is 12.9. The number of amides is 2. The molecule has 1 aliphatic heterocycles. The van der Waals surface area contributed by atoms with Gasteiger partial charge in [-0.2, -0.15) is 4.31 Å². The number of aromatic nitrogens is 2. The van der Waals surface area contributed by atoms with Gasteiger partial charge in [0.05, 0.1) is 0 Å². The van der Waals surface area contributed by atoms with Crippen molar-refractivity contribution in [3.8, 4) is 0 Å². The number of nitrogens with one attached hydrogen (secondary N) is 1. The van der Waals surface area contributed by atoms with Gasteiger partial charge in [-0.25, -0.2) is 22.6 Å². The number of hydrogen-bond acceptors (Lipinski definition) is 4. The van der Waals surface area contributed by atoms with Gasteiger partial charge < -0.3 is 14.8 Å². The number of imidazole rings is 1. The number of nitrogens with zero attached hydrogens (tertiary/aromatic N) is 4. The summed E-state index contributed by atoms with van der Waals surface area (Å²) in [6.07, 6.45) is 2.04. The van der Waals surface area contributed by atoms with E-state index in [1.807, 2.05) is 0 Å². The van der Waals surface area contributed by atoms with E-state index in [2.05, 4.69) is 10.3 Å². The molecule has 0 unspecified atom stereocenters. The Morgan fingerprint density at radius 1 is 1.18 bits per heavy atom. The molecular formula is C18H24FN5O3S. The third-order valence-corrected chi connectivity index (χ3v) is 6.56. The second-order valence-electron chi connectivity index (χ2n) is 6.77. The number of urea groups is 1. The van der Waals surface area contributed by atoms with Crippen LogP contribution in [0.2, 0.25) is 0 Å². The Hall–Kier alpha value is -2.46. The van der Waals surface area contributed by atoms with Crippen molar-refractivity contribution >= 4 is 16.1 Å². The minimum atomic E-state index is -3.69. The number of carbonyl (C=O) groups excluding carboxylic acids is 1. The lowest BCUT2D eigenvalue weighted by molar-refractivity contribution is 0.200. The SMILES string of the molecule is Cc1nc(S(=O)(=O)N2CCCN(C(=O)NCc3ccc(F)cc3)CC2)cn1C. The molecule has 1 aromatic carbocycles. The molecule has 3 rings (SSSR count). The maximum Gasteiger partial charge on any atom is 0.317 e. The Bertz CT molecular complexity index is 923. The van der Waals surface area contributed by atoms with Crippen LogP contribution < -0.4 is 5.32 Å². The molecule has 0 bridgehead atoms. The standard InChI is InChI=1S/C18H24FN5O3S/c1-14-21-17(13-22(14)2)28(26,27)24-9-3-8-23(10-11-24)18(25)20-12-15-4-6-16(19)7-5-15/h4-7,13H,3,8-12H2,1-2H3,(H,20,25). The zero-order valence-electron chi connectivity index (χ0n) is 15.9. The fraction of sp³-hybridized carbons (Fsp3) is 0.444. The van der Waals surface area contributed by atoms with Crippen LogP contribution in [-0.4, -0.2) is 59.4 Å². The Kier molecular flexibility index (Phi) is 5.99. The van der Waals surface area contributed by atoms with Crippen molar-refractivity contribution in [2.45, 2.75) is 24.9 Å². The molecule has 0 saturated carbocycles. The number of aryl methyl sites for hydroxylation is 2. The quantitative estimate of drug-likeness (QED) is 0.829. The second-order valence-corrected chi connectivity index (χ2v) is 8.65. The van der Waals surface area contributed by atoms with Crippen LogP contribution in [0.15, 0.2) is 35.5 Å². The topological polar surface area (TPSA) is 87.5 Å². The largest absolute Gasteiger partial charge is 0.337 e. The van der Waals surface area contributed by atoms with Crippen LogP contribution in [0.5, 0.6) is 0 Å². The number of carbonyl (C=O) groups is 1. The zero-order valence-corrected chi connectivity index (χ0v) is 16.7. The van der Waals surface area contributed by atoms with Crippen molar-refractivity contribution in [2.24, 2.45) is 7.05 Å². The van der Waals surface area contributed by atoms with Crippen molar-refractivity contribution in [3.05, 3.63) is 47.7 Å². The lowest BCUT2D eigenvalue weighted by Crippen LogP contribution is -2.42. The van der Waals surface area contributed by atoms with E-state index < -0.39 is 10.0 Å². The van der Waals surface area contributed by atoms with Crippen molar-refractivity contribution < 1.29 is 17.6 Å². The van der Waals surface area contributed by atoms with Gasteiger partial charge in [0.25, 0.3) is 10.0 Å². The maximum absolute atomic E-state index is 12.9. The normalized spacial score (nSPS) is 16.0. The Labute approximate surface area is 164 Å². The van der Waals surface area contributed by atoms with Crippen LogP contribution in [-0.2, 0) is 23.6 Å². The molecule has 0 spiro atoms. The van der Waals surface area contributed by atoms with Crippen LogP contribution in [0.25, 0.3) is 0 Å². The molecule has 0 atom stereocenters. The minimum Gasteiger partial charge on any atom is -0.337 e. The monoisotopic (exact) mass is 409 g/mol. The fourth-order valence-corrected chi connectivity index (χ4v) is 4.51. The van der Waals surface area contributed by atoms with Crippen LogP contribution >= 0.6 is 0 Å². The van der Waals surface area contributed by atoms with E-state index in [1.54, 1.807) is 35.6 Å². The highest BCUT2D eigenvalue weighted by Gasteiger charge is 2.30. The van der Waals surface area contributed by atoms with Gasteiger partial charge in [0.2, 0.25) is 0 Å².